The van der Waals surface area contributed by atoms with Gasteiger partial charge in [0, 0.05) is 58.7 Å². The van der Waals surface area contributed by atoms with E-state index in [1.54, 1.807) is 38.1 Å². The fraction of sp³-hybridized carbons (Fsp3) is 0.176. The molecule has 6 rings (SSSR count). The van der Waals surface area contributed by atoms with Crippen LogP contribution in [0.25, 0.3) is 21.8 Å². The van der Waals surface area contributed by atoms with Crippen molar-refractivity contribution >= 4 is 68.3 Å². The van der Waals surface area contributed by atoms with E-state index >= 15 is 0 Å². The number of halogens is 2. The first-order chi connectivity index (χ1) is 24.9. The molecule has 0 spiro atoms. The molecule has 0 saturated heterocycles. The molecule has 0 aliphatic heterocycles. The van der Waals surface area contributed by atoms with E-state index in [-0.39, 0.29) is 70.5 Å². The molecule has 0 saturated carbocycles. The first kappa shape index (κ1) is 39.7. The number of benzene rings is 2. The zero-order chi connectivity index (χ0) is 37.5. The Morgan fingerprint density at radius 3 is 1.72 bits per heavy atom. The van der Waals surface area contributed by atoms with Crippen molar-refractivity contribution in [1.82, 2.24) is 29.5 Å². The second-order valence-corrected chi connectivity index (χ2v) is 11.7. The SMILES string of the molecule is CCOC(=O)c1cn(Cc2cc(N)c3ncc(Cl)cc3c2)nc1C#N.CCOC(=O)c1cn(Cc2cc([N+](=O)[O-])c3ncc(Cl)cc3c2)nc1C#N.[Fe]. The molecule has 16 nitrogen and oxygen atoms in total. The minimum Gasteiger partial charge on any atom is -0.462 e. The van der Waals surface area contributed by atoms with E-state index < -0.39 is 16.9 Å². The number of carbonyl (C=O) groups excluding carboxylic acids is 2. The van der Waals surface area contributed by atoms with Gasteiger partial charge in [-0.2, -0.15) is 20.7 Å². The Morgan fingerprint density at radius 1 is 0.811 bits per heavy atom. The van der Waals surface area contributed by atoms with Gasteiger partial charge >= 0.3 is 11.9 Å². The van der Waals surface area contributed by atoms with E-state index in [0.29, 0.717) is 38.7 Å². The van der Waals surface area contributed by atoms with Crippen molar-refractivity contribution in [3.8, 4) is 12.1 Å². The van der Waals surface area contributed by atoms with E-state index in [4.69, 9.17) is 48.9 Å². The molecule has 0 bridgehead atoms. The third-order valence-corrected chi connectivity index (χ3v) is 7.65. The molecule has 4 aromatic heterocycles. The summed E-state index contributed by atoms with van der Waals surface area (Å²) in [6.07, 6.45) is 5.75. The molecule has 4 heterocycles. The summed E-state index contributed by atoms with van der Waals surface area (Å²) in [4.78, 5) is 42.9. The number of fused-ring (bicyclic) bond motifs is 2. The largest absolute Gasteiger partial charge is 0.462 e. The van der Waals surface area contributed by atoms with Crippen LogP contribution in [0, 0.1) is 32.8 Å². The van der Waals surface area contributed by atoms with Crippen LogP contribution in [0.1, 0.15) is 57.1 Å². The van der Waals surface area contributed by atoms with E-state index in [1.165, 1.54) is 40.2 Å². The minimum absolute atomic E-state index is 0. The monoisotopic (exact) mass is 796 g/mol. The fourth-order valence-corrected chi connectivity index (χ4v) is 5.49. The van der Waals surface area contributed by atoms with Crippen molar-refractivity contribution in [2.45, 2.75) is 26.9 Å². The number of rotatable bonds is 9. The van der Waals surface area contributed by atoms with Crippen molar-refractivity contribution in [2.75, 3.05) is 18.9 Å². The maximum Gasteiger partial charge on any atom is 0.342 e. The summed E-state index contributed by atoms with van der Waals surface area (Å²) in [7, 11) is 0. The van der Waals surface area contributed by atoms with E-state index in [9.17, 15) is 19.7 Å². The number of nitrogen functional groups attached to an aromatic ring is 1. The molecule has 0 radical (unpaired) electrons. The zero-order valence-electron chi connectivity index (χ0n) is 27.8. The van der Waals surface area contributed by atoms with Crippen molar-refractivity contribution < 1.29 is 41.1 Å². The second-order valence-electron chi connectivity index (χ2n) is 10.9. The average Bonchev–Trinajstić information content (AvgIpc) is 3.71. The summed E-state index contributed by atoms with van der Waals surface area (Å²) in [5.41, 5.74) is 8.80. The minimum atomic E-state index is -0.652. The van der Waals surface area contributed by atoms with E-state index in [1.807, 2.05) is 18.2 Å². The van der Waals surface area contributed by atoms with Crippen LogP contribution in [0.2, 0.25) is 10.0 Å². The first-order valence-electron chi connectivity index (χ1n) is 15.3. The number of nitriles is 2. The number of hydrogen-bond acceptors (Lipinski definition) is 13. The van der Waals surface area contributed by atoms with Crippen LogP contribution in [0.3, 0.4) is 0 Å². The Morgan fingerprint density at radius 2 is 1.26 bits per heavy atom. The molecule has 0 fully saturated rings. The van der Waals surface area contributed by atoms with Gasteiger partial charge in [-0.3, -0.25) is 24.5 Å². The Hall–Kier alpha value is -6.10. The summed E-state index contributed by atoms with van der Waals surface area (Å²) < 4.78 is 12.7. The normalized spacial score (nSPS) is 10.4. The van der Waals surface area contributed by atoms with Crippen molar-refractivity contribution in [3.05, 3.63) is 115 Å². The molecule has 0 aliphatic carbocycles. The predicted molar refractivity (Wildman–Crippen MR) is 189 cm³/mol. The van der Waals surface area contributed by atoms with Gasteiger partial charge in [0.15, 0.2) is 11.4 Å². The number of aromatic nitrogens is 6. The van der Waals surface area contributed by atoms with E-state index in [2.05, 4.69) is 20.2 Å². The van der Waals surface area contributed by atoms with Crippen LogP contribution in [0.5, 0.6) is 0 Å². The molecule has 0 aliphatic rings. The third-order valence-electron chi connectivity index (χ3n) is 7.24. The molecule has 53 heavy (non-hydrogen) atoms. The molecular formula is C34H26Cl2FeN10O6. The molecular weight excluding hydrogens is 771 g/mol. The summed E-state index contributed by atoms with van der Waals surface area (Å²) in [5, 5.41) is 40.0. The number of esters is 2. The van der Waals surface area contributed by atoms with Gasteiger partial charge in [-0.25, -0.2) is 14.6 Å². The number of ether oxygens (including phenoxy) is 2. The van der Waals surface area contributed by atoms with Gasteiger partial charge in [-0.1, -0.05) is 23.2 Å². The molecule has 0 atom stereocenters. The van der Waals surface area contributed by atoms with Crippen LogP contribution >= 0.6 is 23.2 Å². The summed E-state index contributed by atoms with van der Waals surface area (Å²) >= 11 is 11.9. The molecule has 0 amide bonds. The number of nitro benzene ring substituents is 1. The molecule has 2 aromatic carbocycles. The van der Waals surface area contributed by atoms with Crippen molar-refractivity contribution in [2.24, 2.45) is 0 Å². The van der Waals surface area contributed by atoms with Crippen molar-refractivity contribution in [3.63, 3.8) is 0 Å². The number of carbonyl (C=O) groups is 2. The maximum absolute atomic E-state index is 11.9. The number of nitrogens with zero attached hydrogens (tertiary/aromatic N) is 9. The quantitative estimate of drug-likeness (QED) is 0.0596. The summed E-state index contributed by atoms with van der Waals surface area (Å²) in [6, 6.07) is 13.8. The van der Waals surface area contributed by atoms with Crippen LogP contribution in [0.15, 0.2) is 61.2 Å². The van der Waals surface area contributed by atoms with Gasteiger partial charge < -0.3 is 15.2 Å². The standard InChI is InChI=1S/C17H12ClN5O4.C17H14ClN5O2.Fe/c1-2-27-17(24)13-9-22(21-14(13)6-19)8-10-3-11-5-12(18)7-20-16(11)15(4-10)23(25)26;1-2-25-17(24)13-9-23(22-15(13)6-19)8-10-3-11-5-12(18)7-21-16(11)14(20)4-10;/h3-5,7,9H,2,8H2,1H3;3-5,7,9H,2,8,20H2,1H3;. The predicted octanol–water partition coefficient (Wildman–Crippen LogP) is 5.85. The maximum atomic E-state index is 11.9. The van der Waals surface area contributed by atoms with Gasteiger partial charge in [0.2, 0.25) is 0 Å². The zero-order valence-corrected chi connectivity index (χ0v) is 30.4. The van der Waals surface area contributed by atoms with Crippen LogP contribution in [-0.2, 0) is 39.6 Å². The third kappa shape index (κ3) is 9.23. The summed E-state index contributed by atoms with van der Waals surface area (Å²) in [6.45, 7) is 4.19. The summed E-state index contributed by atoms with van der Waals surface area (Å²) in [5.74, 6) is -1.22. The van der Waals surface area contributed by atoms with Gasteiger partial charge in [-0.15, -0.1) is 0 Å². The van der Waals surface area contributed by atoms with Gasteiger partial charge in [-0.05, 0) is 55.3 Å². The average molecular weight is 797 g/mol. The Labute approximate surface area is 321 Å². The number of nitrogens with two attached hydrogens (primary N) is 1. The van der Waals surface area contributed by atoms with Crippen LogP contribution in [-0.4, -0.2) is 59.6 Å². The fourth-order valence-electron chi connectivity index (χ4n) is 5.16. The van der Waals surface area contributed by atoms with Gasteiger partial charge in [0.1, 0.15) is 28.8 Å². The second kappa shape index (κ2) is 17.4. The Balaban J connectivity index is 0.000000233. The van der Waals surface area contributed by atoms with E-state index in [0.717, 1.165) is 10.9 Å². The smallest absolute Gasteiger partial charge is 0.342 e. The van der Waals surface area contributed by atoms with Gasteiger partial charge in [0.05, 0.1) is 52.5 Å². The van der Waals surface area contributed by atoms with Gasteiger partial charge in [0.25, 0.3) is 5.69 Å². The first-order valence-corrected chi connectivity index (χ1v) is 16.1. The molecule has 19 heteroatoms. The Kier molecular flexibility index (Phi) is 13.0. The number of nitro groups is 1. The number of non-ortho nitro benzene ring substituents is 1. The molecule has 2 N–H and O–H groups in total. The molecule has 0 unspecified atom stereocenters. The Bertz CT molecular complexity index is 2460. The molecule has 6 aromatic rings. The number of hydrogen-bond donors (Lipinski definition) is 1. The number of anilines is 1. The van der Waals surface area contributed by atoms with Crippen molar-refractivity contribution in [1.29, 1.82) is 10.5 Å². The van der Waals surface area contributed by atoms with Crippen LogP contribution in [0.4, 0.5) is 11.4 Å². The number of pyridine rings is 2. The molecule has 270 valence electrons. The topological polar surface area (TPSA) is 231 Å². The van der Waals surface area contributed by atoms with Crippen LogP contribution < -0.4 is 5.73 Å².